The molecule has 13 heavy (non-hydrogen) atoms. The van der Waals surface area contributed by atoms with Gasteiger partial charge < -0.3 is 4.42 Å². The van der Waals surface area contributed by atoms with E-state index in [1.807, 2.05) is 24.3 Å². The van der Waals surface area contributed by atoms with Crippen LogP contribution < -0.4 is 0 Å². The molecule has 0 aliphatic heterocycles. The Hall–Kier alpha value is -1.16. The van der Waals surface area contributed by atoms with E-state index >= 15 is 0 Å². The van der Waals surface area contributed by atoms with Crippen LogP contribution in [0.3, 0.4) is 0 Å². The lowest BCUT2D eigenvalue weighted by Gasteiger charge is -1.79. The van der Waals surface area contributed by atoms with Crippen molar-refractivity contribution in [2.24, 2.45) is 0 Å². The normalized spacial score (nSPS) is 10.2. The van der Waals surface area contributed by atoms with Gasteiger partial charge in [0.2, 0.25) is 0 Å². The lowest BCUT2D eigenvalue weighted by molar-refractivity contribution is -0.121. The molecular formula is C8H5ClF2O2. The summed E-state index contributed by atoms with van der Waals surface area (Å²) in [5.41, 5.74) is 1.94. The first-order valence-corrected chi connectivity index (χ1v) is 3.73. The average molecular weight is 207 g/mol. The first-order chi connectivity index (χ1) is 6.09. The zero-order valence-corrected chi connectivity index (χ0v) is 7.09. The predicted octanol–water partition coefficient (Wildman–Crippen LogP) is 2.89. The lowest BCUT2D eigenvalue weighted by atomic mass is 10.4. The zero-order valence-electron chi connectivity index (χ0n) is 6.34. The van der Waals surface area contributed by atoms with Crippen molar-refractivity contribution in [2.45, 2.75) is 6.43 Å². The summed E-state index contributed by atoms with van der Waals surface area (Å²) in [6, 6.07) is 7.81. The molecular weight excluding hydrogens is 202 g/mol. The van der Waals surface area contributed by atoms with Gasteiger partial charge in [0.05, 0.1) is 0 Å². The molecule has 0 saturated carbocycles. The smallest absolute Gasteiger partial charge is 0.310 e. The fraction of sp³-hybridized carbons (Fsp3) is 0.125. The van der Waals surface area contributed by atoms with Gasteiger partial charge in [0.25, 0.3) is 5.24 Å². The Balaban J connectivity index is 0.000000133. The molecule has 0 unspecified atom stereocenters. The second-order valence-corrected chi connectivity index (χ2v) is 2.55. The second-order valence-electron chi connectivity index (χ2n) is 2.18. The standard InChI is InChI=1S/C6H4O.C2HClF2O/c1-2-6-4-3-5(1)7-6;3-1(6)2(4)5/h1-4H;2H. The van der Waals surface area contributed by atoms with Gasteiger partial charge in [0, 0.05) is 0 Å². The van der Waals surface area contributed by atoms with Gasteiger partial charge in [-0.1, -0.05) is 0 Å². The number of fused-ring (bicyclic) bond motifs is 2. The molecule has 0 aromatic carbocycles. The maximum absolute atomic E-state index is 10.7. The molecule has 2 aromatic rings. The van der Waals surface area contributed by atoms with E-state index in [0.29, 0.717) is 0 Å². The third-order valence-corrected chi connectivity index (χ3v) is 1.40. The molecule has 2 heterocycles. The van der Waals surface area contributed by atoms with Crippen LogP contribution in [-0.2, 0) is 4.79 Å². The fourth-order valence-electron chi connectivity index (χ4n) is 0.712. The van der Waals surface area contributed by atoms with Crippen LogP contribution in [0, 0.1) is 0 Å². The quantitative estimate of drug-likeness (QED) is 0.672. The molecule has 0 radical (unpaired) electrons. The third kappa shape index (κ3) is 2.99. The number of furan rings is 2. The Kier molecular flexibility index (Phi) is 3.19. The van der Waals surface area contributed by atoms with Gasteiger partial charge in [-0.05, 0) is 35.9 Å². The molecule has 2 aromatic heterocycles. The molecule has 2 nitrogen and oxygen atoms in total. The van der Waals surface area contributed by atoms with Crippen molar-refractivity contribution in [2.75, 3.05) is 0 Å². The van der Waals surface area contributed by atoms with Gasteiger partial charge in [-0.2, -0.15) is 0 Å². The Morgan fingerprint density at radius 2 is 1.54 bits per heavy atom. The molecule has 5 heteroatoms. The van der Waals surface area contributed by atoms with Crippen molar-refractivity contribution in [3.05, 3.63) is 24.3 Å². The van der Waals surface area contributed by atoms with Crippen molar-refractivity contribution in [3.63, 3.8) is 0 Å². The topological polar surface area (TPSA) is 30.2 Å². The van der Waals surface area contributed by atoms with Crippen LogP contribution in [-0.4, -0.2) is 11.7 Å². The van der Waals surface area contributed by atoms with Crippen LogP contribution >= 0.6 is 11.6 Å². The molecule has 0 N–H and O–H groups in total. The number of hydrogen-bond acceptors (Lipinski definition) is 2. The number of carbonyl (C=O) groups is 1. The SMILES string of the molecule is O=C(Cl)C(F)F.c1cc2ccc1o2. The Morgan fingerprint density at radius 1 is 1.23 bits per heavy atom. The largest absolute Gasteiger partial charge is 0.457 e. The van der Waals surface area contributed by atoms with E-state index in [0.717, 1.165) is 11.2 Å². The van der Waals surface area contributed by atoms with Crippen molar-refractivity contribution < 1.29 is 18.0 Å². The van der Waals surface area contributed by atoms with Gasteiger partial charge in [-0.3, -0.25) is 4.79 Å². The molecule has 0 amide bonds. The third-order valence-electron chi connectivity index (χ3n) is 1.23. The van der Waals surface area contributed by atoms with Crippen LogP contribution in [0.25, 0.3) is 11.2 Å². The van der Waals surface area contributed by atoms with Crippen molar-refractivity contribution in [3.8, 4) is 0 Å². The summed E-state index contributed by atoms with van der Waals surface area (Å²) in [4.78, 5) is 9.16. The maximum Gasteiger partial charge on any atom is 0.310 e. The molecule has 0 spiro atoms. The molecule has 0 aliphatic rings. The van der Waals surface area contributed by atoms with E-state index in [4.69, 9.17) is 9.21 Å². The summed E-state index contributed by atoms with van der Waals surface area (Å²) in [6.07, 6.45) is -3.02. The summed E-state index contributed by atoms with van der Waals surface area (Å²) in [5.74, 6) is 0. The van der Waals surface area contributed by atoms with Crippen molar-refractivity contribution in [1.29, 1.82) is 0 Å². The van der Waals surface area contributed by atoms with Crippen LogP contribution in [0.4, 0.5) is 8.78 Å². The summed E-state index contributed by atoms with van der Waals surface area (Å²) in [6.45, 7) is 0. The van der Waals surface area contributed by atoms with Crippen LogP contribution in [0.1, 0.15) is 0 Å². The zero-order chi connectivity index (χ0) is 9.84. The molecule has 2 bridgehead atoms. The number of hydrogen-bond donors (Lipinski definition) is 0. The Bertz CT molecular complexity index is 327. The van der Waals surface area contributed by atoms with Crippen LogP contribution in [0.15, 0.2) is 28.7 Å². The van der Waals surface area contributed by atoms with Gasteiger partial charge in [-0.15, -0.1) is 0 Å². The van der Waals surface area contributed by atoms with E-state index in [1.165, 1.54) is 0 Å². The molecule has 0 saturated heterocycles. The van der Waals surface area contributed by atoms with Gasteiger partial charge >= 0.3 is 6.43 Å². The van der Waals surface area contributed by atoms with Crippen molar-refractivity contribution >= 4 is 28.0 Å². The summed E-state index contributed by atoms with van der Waals surface area (Å²) in [5, 5.41) is -1.60. The van der Waals surface area contributed by atoms with E-state index in [2.05, 4.69) is 11.6 Å². The highest BCUT2D eigenvalue weighted by Crippen LogP contribution is 2.13. The van der Waals surface area contributed by atoms with E-state index < -0.39 is 11.7 Å². The number of halogens is 3. The highest BCUT2D eigenvalue weighted by molar-refractivity contribution is 6.64. The lowest BCUT2D eigenvalue weighted by Crippen LogP contribution is -1.98. The summed E-state index contributed by atoms with van der Waals surface area (Å²) < 4.78 is 26.4. The molecule has 0 fully saturated rings. The monoisotopic (exact) mass is 206 g/mol. The van der Waals surface area contributed by atoms with Gasteiger partial charge in [-0.25, -0.2) is 8.78 Å². The van der Waals surface area contributed by atoms with Gasteiger partial charge in [0.15, 0.2) is 0 Å². The van der Waals surface area contributed by atoms with Crippen LogP contribution in [0.2, 0.25) is 0 Å². The number of alkyl halides is 2. The highest BCUT2D eigenvalue weighted by Gasteiger charge is 2.09. The predicted molar refractivity (Wildman–Crippen MR) is 44.3 cm³/mol. The van der Waals surface area contributed by atoms with E-state index in [-0.39, 0.29) is 0 Å². The van der Waals surface area contributed by atoms with E-state index in [1.54, 1.807) is 0 Å². The van der Waals surface area contributed by atoms with Gasteiger partial charge in [0.1, 0.15) is 11.2 Å². The number of benzene rings is 1. The van der Waals surface area contributed by atoms with Crippen molar-refractivity contribution in [1.82, 2.24) is 0 Å². The molecule has 0 aliphatic carbocycles. The minimum absolute atomic E-state index is 0.968. The molecule has 2 rings (SSSR count). The highest BCUT2D eigenvalue weighted by atomic mass is 35.5. The second kappa shape index (κ2) is 4.18. The Labute approximate surface area is 77.4 Å². The first-order valence-electron chi connectivity index (χ1n) is 3.35. The summed E-state index contributed by atoms with van der Waals surface area (Å²) in [7, 11) is 0. The minimum atomic E-state index is -3.02. The molecule has 70 valence electrons. The number of rotatable bonds is 1. The minimum Gasteiger partial charge on any atom is -0.457 e. The maximum atomic E-state index is 10.7. The van der Waals surface area contributed by atoms with E-state index in [9.17, 15) is 8.78 Å². The summed E-state index contributed by atoms with van der Waals surface area (Å²) >= 11 is 4.22. The average Bonchev–Trinajstić information content (AvgIpc) is 2.67. The fourth-order valence-corrected chi connectivity index (χ4v) is 0.712. The van der Waals surface area contributed by atoms with Crippen LogP contribution in [0.5, 0.6) is 0 Å². The Morgan fingerprint density at radius 3 is 1.62 bits per heavy atom. The molecule has 0 atom stereocenters. The number of carbonyl (C=O) groups excluding carboxylic acids is 1. The first kappa shape index (κ1) is 9.92.